The van der Waals surface area contributed by atoms with Gasteiger partial charge in [-0.25, -0.2) is 4.98 Å². The van der Waals surface area contributed by atoms with Crippen LogP contribution in [0.1, 0.15) is 5.56 Å². The summed E-state index contributed by atoms with van der Waals surface area (Å²) in [5.41, 5.74) is 1.89. The molecule has 1 aliphatic rings. The molecule has 1 aliphatic heterocycles. The Bertz CT molecular complexity index is 1480. The highest BCUT2D eigenvalue weighted by Gasteiger charge is 2.18. The first-order chi connectivity index (χ1) is 17.6. The number of carbonyl (C=O) groups excluding carboxylic acids is 1. The first kappa shape index (κ1) is 23.9. The smallest absolute Gasteiger partial charge is 0.282 e. The molecule has 8 nitrogen and oxygen atoms in total. The maximum atomic E-state index is 13.3. The predicted molar refractivity (Wildman–Crippen MR) is 141 cm³/mol. The lowest BCUT2D eigenvalue weighted by Gasteiger charge is -2.26. The third-order valence-electron chi connectivity index (χ3n) is 5.78. The second-order valence-corrected chi connectivity index (χ2v) is 9.01. The summed E-state index contributed by atoms with van der Waals surface area (Å²) in [6.07, 6.45) is 1.59. The van der Waals surface area contributed by atoms with Gasteiger partial charge in [-0.1, -0.05) is 42.5 Å². The lowest BCUT2D eigenvalue weighted by molar-refractivity contribution is -0.137. The molecule has 0 spiro atoms. The molecule has 0 aliphatic carbocycles. The number of nitrogens with zero attached hydrogens (tertiary/aromatic N) is 4. The Morgan fingerprint density at radius 1 is 1.06 bits per heavy atom. The van der Waals surface area contributed by atoms with Crippen molar-refractivity contribution in [1.82, 2.24) is 14.6 Å². The van der Waals surface area contributed by atoms with Crippen molar-refractivity contribution < 1.29 is 14.3 Å². The van der Waals surface area contributed by atoms with Gasteiger partial charge in [0, 0.05) is 18.7 Å². The summed E-state index contributed by atoms with van der Waals surface area (Å²) in [5, 5.41) is 4.98. The highest BCUT2D eigenvalue weighted by Crippen LogP contribution is 2.26. The van der Waals surface area contributed by atoms with E-state index in [1.54, 1.807) is 29.3 Å². The molecule has 5 rings (SSSR count). The highest BCUT2D eigenvalue weighted by atomic mass is 79.9. The van der Waals surface area contributed by atoms with Crippen LogP contribution in [-0.4, -0.2) is 59.6 Å². The van der Waals surface area contributed by atoms with Crippen LogP contribution in [0.15, 0.2) is 87.2 Å². The number of morpholine rings is 1. The first-order valence-corrected chi connectivity index (χ1v) is 12.3. The summed E-state index contributed by atoms with van der Waals surface area (Å²) in [7, 11) is 0. The third-order valence-corrected chi connectivity index (χ3v) is 6.40. The van der Waals surface area contributed by atoms with Crippen LogP contribution >= 0.6 is 15.9 Å². The normalized spacial score (nSPS) is 13.9. The molecule has 0 radical (unpaired) electrons. The van der Waals surface area contributed by atoms with Crippen LogP contribution in [0.2, 0.25) is 0 Å². The number of para-hydroxylation sites is 1. The van der Waals surface area contributed by atoms with E-state index in [0.717, 1.165) is 11.1 Å². The Labute approximate surface area is 215 Å². The van der Waals surface area contributed by atoms with Crippen LogP contribution in [0.5, 0.6) is 5.75 Å². The Kier molecular flexibility index (Phi) is 7.20. The third kappa shape index (κ3) is 5.22. The fourth-order valence-electron chi connectivity index (χ4n) is 3.89. The second-order valence-electron chi connectivity index (χ2n) is 8.15. The number of amides is 1. The second kappa shape index (κ2) is 10.8. The summed E-state index contributed by atoms with van der Waals surface area (Å²) in [4.78, 5) is 32.1. The van der Waals surface area contributed by atoms with E-state index in [2.05, 4.69) is 21.0 Å². The van der Waals surface area contributed by atoms with Gasteiger partial charge in [-0.3, -0.25) is 9.59 Å². The maximum Gasteiger partial charge on any atom is 0.282 e. The molecule has 0 bridgehead atoms. The zero-order chi connectivity index (χ0) is 24.9. The molecule has 0 unspecified atom stereocenters. The molecular weight excluding hydrogens is 524 g/mol. The van der Waals surface area contributed by atoms with E-state index in [-0.39, 0.29) is 18.1 Å². The number of hydrogen-bond acceptors (Lipinski definition) is 6. The fourth-order valence-corrected chi connectivity index (χ4v) is 4.40. The number of carbonyl (C=O) groups is 1. The Morgan fingerprint density at radius 3 is 2.58 bits per heavy atom. The number of halogens is 1. The Balaban J connectivity index is 1.40. The lowest BCUT2D eigenvalue weighted by atomic mass is 10.2. The van der Waals surface area contributed by atoms with Crippen molar-refractivity contribution in [2.45, 2.75) is 0 Å². The van der Waals surface area contributed by atoms with Crippen LogP contribution in [0, 0.1) is 0 Å². The lowest BCUT2D eigenvalue weighted by Crippen LogP contribution is -2.43. The minimum atomic E-state index is -0.253. The van der Waals surface area contributed by atoms with E-state index >= 15 is 0 Å². The van der Waals surface area contributed by atoms with Crippen LogP contribution in [0.25, 0.3) is 22.3 Å². The first-order valence-electron chi connectivity index (χ1n) is 11.5. The number of ether oxygens (including phenoxy) is 2. The molecule has 9 heteroatoms. The van der Waals surface area contributed by atoms with Crippen molar-refractivity contribution >= 4 is 39.0 Å². The average molecular weight is 547 g/mol. The number of fused-ring (bicyclic) bond motifs is 1. The number of hydrogen-bond donors (Lipinski definition) is 0. The van der Waals surface area contributed by atoms with Gasteiger partial charge >= 0.3 is 0 Å². The van der Waals surface area contributed by atoms with Crippen LogP contribution in [0.3, 0.4) is 0 Å². The SMILES string of the molecule is O=C(COc1ccc(C=Nn2c(-c3ccccc3)nc3ccccc3c2=O)cc1Br)N1CCOCC1. The van der Waals surface area contributed by atoms with Gasteiger partial charge in [0.1, 0.15) is 5.75 Å². The van der Waals surface area contributed by atoms with Gasteiger partial charge < -0.3 is 14.4 Å². The standard InChI is InChI=1S/C27H23BrN4O4/c28-22-16-19(10-11-24(22)36-18-25(33)31-12-14-35-15-13-31)17-29-32-26(20-6-2-1-3-7-20)30-23-9-5-4-8-21(23)27(32)34/h1-11,16-17H,12-15,18H2. The van der Waals surface area contributed by atoms with Crippen LogP contribution < -0.4 is 10.3 Å². The predicted octanol–water partition coefficient (Wildman–Crippen LogP) is 3.95. The Hall–Kier alpha value is -3.82. The van der Waals surface area contributed by atoms with E-state index in [1.165, 1.54) is 4.68 Å². The van der Waals surface area contributed by atoms with Gasteiger partial charge in [0.25, 0.3) is 11.5 Å². The van der Waals surface area contributed by atoms with Crippen molar-refractivity contribution in [1.29, 1.82) is 0 Å². The number of benzene rings is 3. The van der Waals surface area contributed by atoms with E-state index in [1.807, 2.05) is 54.6 Å². The molecule has 36 heavy (non-hydrogen) atoms. The zero-order valence-electron chi connectivity index (χ0n) is 19.3. The molecule has 2 heterocycles. The molecule has 0 N–H and O–H groups in total. The van der Waals surface area contributed by atoms with Crippen molar-refractivity contribution in [3.63, 3.8) is 0 Å². The van der Waals surface area contributed by atoms with Crippen LogP contribution in [-0.2, 0) is 9.53 Å². The molecule has 1 aromatic heterocycles. The van der Waals surface area contributed by atoms with Crippen molar-refractivity contribution in [3.05, 3.63) is 93.2 Å². The maximum absolute atomic E-state index is 13.3. The quantitative estimate of drug-likeness (QED) is 0.342. The minimum Gasteiger partial charge on any atom is -0.483 e. The van der Waals surface area contributed by atoms with Crippen molar-refractivity contribution in [2.24, 2.45) is 5.10 Å². The van der Waals surface area contributed by atoms with Gasteiger partial charge in [-0.15, -0.1) is 0 Å². The van der Waals surface area contributed by atoms with Crippen molar-refractivity contribution in [2.75, 3.05) is 32.9 Å². The van der Waals surface area contributed by atoms with E-state index in [0.29, 0.717) is 53.3 Å². The summed E-state index contributed by atoms with van der Waals surface area (Å²) in [6, 6.07) is 22.1. The molecule has 1 saturated heterocycles. The summed E-state index contributed by atoms with van der Waals surface area (Å²) in [6.45, 7) is 2.20. The monoisotopic (exact) mass is 546 g/mol. The fraction of sp³-hybridized carbons (Fsp3) is 0.185. The highest BCUT2D eigenvalue weighted by molar-refractivity contribution is 9.10. The molecule has 4 aromatic rings. The largest absolute Gasteiger partial charge is 0.483 e. The molecule has 1 fully saturated rings. The van der Waals surface area contributed by atoms with Gasteiger partial charge in [0.15, 0.2) is 12.4 Å². The number of aromatic nitrogens is 2. The van der Waals surface area contributed by atoms with Gasteiger partial charge in [-0.2, -0.15) is 9.78 Å². The summed E-state index contributed by atoms with van der Waals surface area (Å²) >= 11 is 3.51. The van der Waals surface area contributed by atoms with Gasteiger partial charge in [-0.05, 0) is 51.8 Å². The molecular formula is C27H23BrN4O4. The summed E-state index contributed by atoms with van der Waals surface area (Å²) < 4.78 is 13.0. The van der Waals surface area contributed by atoms with Crippen LogP contribution in [0.4, 0.5) is 0 Å². The van der Waals surface area contributed by atoms with Gasteiger partial charge in [0.2, 0.25) is 0 Å². The topological polar surface area (TPSA) is 86.0 Å². The zero-order valence-corrected chi connectivity index (χ0v) is 20.9. The average Bonchev–Trinajstić information content (AvgIpc) is 2.93. The van der Waals surface area contributed by atoms with Crippen molar-refractivity contribution in [3.8, 4) is 17.1 Å². The molecule has 0 atom stereocenters. The van der Waals surface area contributed by atoms with Gasteiger partial charge in [0.05, 0.1) is 34.8 Å². The summed E-state index contributed by atoms with van der Waals surface area (Å²) in [5.74, 6) is 0.923. The molecule has 182 valence electrons. The molecule has 1 amide bonds. The Morgan fingerprint density at radius 2 is 1.81 bits per heavy atom. The molecule has 0 saturated carbocycles. The minimum absolute atomic E-state index is 0.0510. The van der Waals surface area contributed by atoms with E-state index in [4.69, 9.17) is 14.5 Å². The number of rotatable bonds is 6. The molecule has 3 aromatic carbocycles. The van der Waals surface area contributed by atoms with E-state index in [9.17, 15) is 9.59 Å². The van der Waals surface area contributed by atoms with E-state index < -0.39 is 0 Å².